The highest BCUT2D eigenvalue weighted by Crippen LogP contribution is 2.39. The Labute approximate surface area is 180 Å². The molecule has 0 saturated carbocycles. The Morgan fingerprint density at radius 2 is 2.03 bits per heavy atom. The summed E-state index contributed by atoms with van der Waals surface area (Å²) in [6.07, 6.45) is 4.37. The lowest BCUT2D eigenvalue weighted by molar-refractivity contribution is -0.00583. The lowest BCUT2D eigenvalue weighted by Crippen LogP contribution is -2.52. The van der Waals surface area contributed by atoms with Crippen molar-refractivity contribution in [3.05, 3.63) is 40.8 Å². The maximum Gasteiger partial charge on any atom is 0.253 e. The van der Waals surface area contributed by atoms with Gasteiger partial charge in [-0.2, -0.15) is 10.2 Å². The van der Waals surface area contributed by atoms with Crippen LogP contribution in [-0.2, 0) is 6.54 Å². The number of rotatable bonds is 3. The number of piperidine rings is 1. The summed E-state index contributed by atoms with van der Waals surface area (Å²) in [6.45, 7) is 7.89. The van der Waals surface area contributed by atoms with Crippen LogP contribution in [0.2, 0.25) is 0 Å². The lowest BCUT2D eigenvalue weighted by Gasteiger charge is -2.43. The molecule has 2 aliphatic rings. The Balaban J connectivity index is 1.33. The van der Waals surface area contributed by atoms with Crippen LogP contribution in [0.5, 0.6) is 5.75 Å². The molecule has 2 aliphatic heterocycles. The topological polar surface area (TPSA) is 93.1 Å². The van der Waals surface area contributed by atoms with Crippen LogP contribution in [0.4, 0.5) is 0 Å². The van der Waals surface area contributed by atoms with Crippen molar-refractivity contribution in [2.45, 2.75) is 58.6 Å². The number of Topliss-reactive ketones (excluding diaryl/α,β-unsaturated/α-hetero) is 1. The standard InChI is InChI=1S/C23H27N5O3/c1-4-7-28-13-19-21(26-28)18(29)12-23(31-19)5-8-27(9-6-23)22(30)16-10-14(2)20-17(11-16)15(3)24-25-20/h10-11,13H,4-9,12H2,1-3H3,(H,24,25). The molecule has 8 heteroatoms. The van der Waals surface area contributed by atoms with E-state index in [0.29, 0.717) is 49.4 Å². The van der Waals surface area contributed by atoms with E-state index in [1.165, 1.54) is 0 Å². The zero-order valence-electron chi connectivity index (χ0n) is 18.2. The average molecular weight is 422 g/mol. The van der Waals surface area contributed by atoms with E-state index in [-0.39, 0.29) is 11.7 Å². The number of aromatic amines is 1. The number of aromatic nitrogens is 4. The fraction of sp³-hybridized carbons (Fsp3) is 0.478. The van der Waals surface area contributed by atoms with Gasteiger partial charge in [-0.25, -0.2) is 0 Å². The fourth-order valence-electron chi connectivity index (χ4n) is 4.78. The van der Waals surface area contributed by atoms with Crippen molar-refractivity contribution in [1.82, 2.24) is 24.9 Å². The van der Waals surface area contributed by atoms with Crippen LogP contribution in [0, 0.1) is 13.8 Å². The number of likely N-dealkylation sites (tertiary alicyclic amines) is 1. The van der Waals surface area contributed by atoms with E-state index in [4.69, 9.17) is 4.74 Å². The van der Waals surface area contributed by atoms with E-state index in [9.17, 15) is 9.59 Å². The molecule has 0 bridgehead atoms. The summed E-state index contributed by atoms with van der Waals surface area (Å²) in [6, 6.07) is 3.83. The van der Waals surface area contributed by atoms with E-state index < -0.39 is 5.60 Å². The van der Waals surface area contributed by atoms with Crippen molar-refractivity contribution >= 4 is 22.6 Å². The van der Waals surface area contributed by atoms with Crippen LogP contribution >= 0.6 is 0 Å². The minimum absolute atomic E-state index is 0.0130. The zero-order valence-corrected chi connectivity index (χ0v) is 18.2. The molecule has 1 saturated heterocycles. The molecule has 1 aromatic carbocycles. The smallest absolute Gasteiger partial charge is 0.253 e. The van der Waals surface area contributed by atoms with E-state index in [2.05, 4.69) is 22.2 Å². The second-order valence-corrected chi connectivity index (χ2v) is 8.82. The predicted molar refractivity (Wildman–Crippen MR) is 116 cm³/mol. The van der Waals surface area contributed by atoms with E-state index in [1.807, 2.05) is 37.1 Å². The van der Waals surface area contributed by atoms with Gasteiger partial charge in [0.1, 0.15) is 5.60 Å². The number of ketones is 1. The maximum atomic E-state index is 13.2. The van der Waals surface area contributed by atoms with Gasteiger partial charge in [0.05, 0.1) is 18.1 Å². The molecule has 3 aromatic rings. The molecule has 162 valence electrons. The molecule has 1 fully saturated rings. The highest BCUT2D eigenvalue weighted by Gasteiger charge is 2.45. The SMILES string of the molecule is CCCn1cc2c(n1)C(=O)CC1(CCN(C(=O)c3cc(C)c4n[nH]c(C)c4c3)CC1)O2. The van der Waals surface area contributed by atoms with Crippen LogP contribution < -0.4 is 4.74 Å². The first-order valence-corrected chi connectivity index (χ1v) is 10.9. The van der Waals surface area contributed by atoms with Gasteiger partial charge in [0.15, 0.2) is 17.2 Å². The molecule has 1 spiro atoms. The Hall–Kier alpha value is -3.16. The number of hydrogen-bond donors (Lipinski definition) is 1. The largest absolute Gasteiger partial charge is 0.483 e. The van der Waals surface area contributed by atoms with E-state index in [0.717, 1.165) is 35.1 Å². The molecule has 0 atom stereocenters. The van der Waals surface area contributed by atoms with Crippen LogP contribution in [0.15, 0.2) is 18.3 Å². The summed E-state index contributed by atoms with van der Waals surface area (Å²) in [4.78, 5) is 27.8. The van der Waals surface area contributed by atoms with Crippen LogP contribution in [-0.4, -0.2) is 55.3 Å². The molecule has 8 nitrogen and oxygen atoms in total. The van der Waals surface area contributed by atoms with Gasteiger partial charge in [-0.3, -0.25) is 19.4 Å². The van der Waals surface area contributed by atoms with Gasteiger partial charge in [-0.15, -0.1) is 0 Å². The molecule has 0 unspecified atom stereocenters. The fourth-order valence-corrected chi connectivity index (χ4v) is 4.78. The van der Waals surface area contributed by atoms with Crippen molar-refractivity contribution in [3.63, 3.8) is 0 Å². The number of carbonyl (C=O) groups excluding carboxylic acids is 2. The van der Waals surface area contributed by atoms with Crippen LogP contribution in [0.25, 0.3) is 10.9 Å². The summed E-state index contributed by atoms with van der Waals surface area (Å²) in [7, 11) is 0. The van der Waals surface area contributed by atoms with Gasteiger partial charge in [0, 0.05) is 49.1 Å². The third-order valence-corrected chi connectivity index (χ3v) is 6.50. The Bertz CT molecular complexity index is 1180. The second kappa shape index (κ2) is 7.21. The number of aryl methyl sites for hydroxylation is 3. The van der Waals surface area contributed by atoms with Crippen LogP contribution in [0.3, 0.4) is 0 Å². The zero-order chi connectivity index (χ0) is 21.8. The molecular weight excluding hydrogens is 394 g/mol. The molecule has 1 amide bonds. The molecule has 0 aliphatic carbocycles. The number of H-pyrrole nitrogens is 1. The van der Waals surface area contributed by atoms with Gasteiger partial charge < -0.3 is 9.64 Å². The summed E-state index contributed by atoms with van der Waals surface area (Å²) in [5.74, 6) is 0.632. The average Bonchev–Trinajstić information content (AvgIpc) is 3.32. The summed E-state index contributed by atoms with van der Waals surface area (Å²) >= 11 is 0. The van der Waals surface area contributed by atoms with Crippen LogP contribution in [0.1, 0.15) is 64.7 Å². The quantitative estimate of drug-likeness (QED) is 0.699. The lowest BCUT2D eigenvalue weighted by atomic mass is 9.83. The first-order chi connectivity index (χ1) is 14.9. The number of benzene rings is 1. The number of carbonyl (C=O) groups is 2. The highest BCUT2D eigenvalue weighted by molar-refractivity contribution is 6.00. The van der Waals surface area contributed by atoms with E-state index in [1.54, 1.807) is 4.68 Å². The third kappa shape index (κ3) is 3.30. The minimum atomic E-state index is -0.540. The van der Waals surface area contributed by atoms with Crippen molar-refractivity contribution in [2.24, 2.45) is 0 Å². The second-order valence-electron chi connectivity index (χ2n) is 8.82. The van der Waals surface area contributed by atoms with Gasteiger partial charge >= 0.3 is 0 Å². The number of ether oxygens (including phenoxy) is 1. The van der Waals surface area contributed by atoms with Crippen molar-refractivity contribution in [3.8, 4) is 5.75 Å². The number of hydrogen-bond acceptors (Lipinski definition) is 5. The number of nitrogens with one attached hydrogen (secondary N) is 1. The Morgan fingerprint density at radius 1 is 1.26 bits per heavy atom. The normalized spacial score (nSPS) is 17.8. The molecule has 31 heavy (non-hydrogen) atoms. The third-order valence-electron chi connectivity index (χ3n) is 6.50. The van der Waals surface area contributed by atoms with Gasteiger partial charge in [0.2, 0.25) is 0 Å². The summed E-state index contributed by atoms with van der Waals surface area (Å²) in [5, 5.41) is 12.7. The van der Waals surface area contributed by atoms with E-state index >= 15 is 0 Å². The molecule has 2 aromatic heterocycles. The summed E-state index contributed by atoms with van der Waals surface area (Å²) in [5.41, 5.74) is 3.42. The summed E-state index contributed by atoms with van der Waals surface area (Å²) < 4.78 is 8.11. The Morgan fingerprint density at radius 3 is 2.77 bits per heavy atom. The minimum Gasteiger partial charge on any atom is -0.483 e. The predicted octanol–water partition coefficient (Wildman–Crippen LogP) is 3.43. The number of nitrogens with zero attached hydrogens (tertiary/aromatic N) is 4. The molecule has 1 N–H and O–H groups in total. The maximum absolute atomic E-state index is 13.2. The van der Waals surface area contributed by atoms with Crippen molar-refractivity contribution < 1.29 is 14.3 Å². The van der Waals surface area contributed by atoms with Crippen molar-refractivity contribution in [1.29, 1.82) is 0 Å². The molecule has 0 radical (unpaired) electrons. The first kappa shape index (κ1) is 19.8. The Kier molecular flexibility index (Phi) is 4.60. The van der Waals surface area contributed by atoms with Crippen molar-refractivity contribution in [2.75, 3.05) is 13.1 Å². The van der Waals surface area contributed by atoms with Gasteiger partial charge in [0.25, 0.3) is 5.91 Å². The number of amides is 1. The van der Waals surface area contributed by atoms with Gasteiger partial charge in [-0.1, -0.05) is 6.92 Å². The highest BCUT2D eigenvalue weighted by atomic mass is 16.5. The first-order valence-electron chi connectivity index (χ1n) is 10.9. The molecule has 5 rings (SSSR count). The molecule has 4 heterocycles. The monoisotopic (exact) mass is 421 g/mol. The van der Waals surface area contributed by atoms with Gasteiger partial charge in [-0.05, 0) is 38.0 Å². The molecular formula is C23H27N5O3. The number of fused-ring (bicyclic) bond motifs is 2.